The number of ether oxygens (including phenoxy) is 2. The summed E-state index contributed by atoms with van der Waals surface area (Å²) in [5, 5.41) is 8.07. The van der Waals surface area contributed by atoms with Gasteiger partial charge in [-0.25, -0.2) is 9.37 Å². The fraction of sp³-hybridized carbons (Fsp3) is 0.167. The summed E-state index contributed by atoms with van der Waals surface area (Å²) in [5.74, 6) is 0.146. The predicted octanol–water partition coefficient (Wildman–Crippen LogP) is 3.11. The van der Waals surface area contributed by atoms with E-state index < -0.39 is 5.82 Å². The van der Waals surface area contributed by atoms with Crippen molar-refractivity contribution in [2.24, 2.45) is 0 Å². The van der Waals surface area contributed by atoms with E-state index in [0.717, 1.165) is 11.0 Å². The predicted molar refractivity (Wildman–Crippen MR) is 91.1 cm³/mol. The maximum atomic E-state index is 14.5. The van der Waals surface area contributed by atoms with Crippen LogP contribution in [0, 0.1) is 5.82 Å². The molecule has 126 valence electrons. The zero-order valence-electron chi connectivity index (χ0n) is 13.5. The van der Waals surface area contributed by atoms with Crippen LogP contribution in [0.4, 0.5) is 4.39 Å². The van der Waals surface area contributed by atoms with E-state index >= 15 is 0 Å². The van der Waals surface area contributed by atoms with Gasteiger partial charge < -0.3 is 9.47 Å². The second kappa shape index (κ2) is 6.45. The number of benzene rings is 2. The Hall–Kier alpha value is -3.06. The van der Waals surface area contributed by atoms with Crippen LogP contribution in [0.2, 0.25) is 0 Å². The number of hydrogen-bond donors (Lipinski definition) is 0. The third kappa shape index (κ3) is 2.78. The molecule has 4 aromatic rings. The highest BCUT2D eigenvalue weighted by Gasteiger charge is 2.16. The smallest absolute Gasteiger partial charge is 0.187 e. The van der Waals surface area contributed by atoms with E-state index in [1.54, 1.807) is 30.0 Å². The lowest BCUT2D eigenvalue weighted by molar-refractivity contribution is 0.146. The maximum absolute atomic E-state index is 14.5. The molecule has 4 rings (SSSR count). The Bertz CT molecular complexity index is 1050. The molecule has 2 aromatic heterocycles. The molecule has 2 aromatic carbocycles. The number of aromatic nitrogens is 4. The van der Waals surface area contributed by atoms with Crippen LogP contribution >= 0.6 is 0 Å². The molecular formula is C18H15FN4O2. The van der Waals surface area contributed by atoms with Crippen LogP contribution in [-0.4, -0.2) is 39.9 Å². The molecule has 0 saturated heterocycles. The molecule has 0 spiro atoms. The summed E-state index contributed by atoms with van der Waals surface area (Å²) in [6.07, 6.45) is 1.60. The van der Waals surface area contributed by atoms with Gasteiger partial charge in [0.2, 0.25) is 0 Å². The summed E-state index contributed by atoms with van der Waals surface area (Å²) < 4.78 is 26.8. The van der Waals surface area contributed by atoms with E-state index in [-0.39, 0.29) is 0 Å². The van der Waals surface area contributed by atoms with E-state index in [9.17, 15) is 4.39 Å². The molecule has 0 atom stereocenters. The lowest BCUT2D eigenvalue weighted by atomic mass is 10.1. The Kier molecular flexibility index (Phi) is 3.99. The second-order valence-electron chi connectivity index (χ2n) is 5.46. The number of methoxy groups -OCH3 is 1. The fourth-order valence-corrected chi connectivity index (χ4v) is 2.70. The topological polar surface area (TPSA) is 61.5 Å². The minimum atomic E-state index is -0.397. The summed E-state index contributed by atoms with van der Waals surface area (Å²) in [4.78, 5) is 4.60. The first-order chi connectivity index (χ1) is 12.3. The standard InChI is InChI=1S/C18H15FN4O2/c1-24-8-9-25-12-6-7-14(19)13(10-12)17-18-22-20-11-23(18)16-5-3-2-4-15(16)21-17/h2-7,10-11H,8-9H2,1H3. The molecule has 0 amide bonds. The lowest BCUT2D eigenvalue weighted by Crippen LogP contribution is -2.04. The first-order valence-corrected chi connectivity index (χ1v) is 7.78. The van der Waals surface area contributed by atoms with Crippen molar-refractivity contribution in [3.05, 3.63) is 54.6 Å². The molecule has 0 aliphatic heterocycles. The SMILES string of the molecule is COCCOc1ccc(F)c(-c2nc3ccccc3n3cnnc23)c1. The molecule has 7 heteroatoms. The zero-order chi connectivity index (χ0) is 17.2. The van der Waals surface area contributed by atoms with Gasteiger partial charge in [0.05, 0.1) is 17.6 Å². The van der Waals surface area contributed by atoms with E-state index in [0.29, 0.717) is 35.9 Å². The molecule has 0 radical (unpaired) electrons. The summed E-state index contributed by atoms with van der Waals surface area (Å²) in [6.45, 7) is 0.836. The number of halogens is 1. The molecule has 0 aliphatic rings. The minimum Gasteiger partial charge on any atom is -0.491 e. The van der Waals surface area contributed by atoms with Crippen molar-refractivity contribution in [2.75, 3.05) is 20.3 Å². The van der Waals surface area contributed by atoms with Crippen molar-refractivity contribution in [1.29, 1.82) is 0 Å². The Balaban J connectivity index is 1.88. The third-order valence-electron chi connectivity index (χ3n) is 3.88. The third-order valence-corrected chi connectivity index (χ3v) is 3.88. The largest absolute Gasteiger partial charge is 0.491 e. The fourth-order valence-electron chi connectivity index (χ4n) is 2.70. The minimum absolute atomic E-state index is 0.318. The van der Waals surface area contributed by atoms with Crippen molar-refractivity contribution in [3.63, 3.8) is 0 Å². The molecule has 25 heavy (non-hydrogen) atoms. The second-order valence-corrected chi connectivity index (χ2v) is 5.46. The summed E-state index contributed by atoms with van der Waals surface area (Å²) in [5.41, 5.74) is 2.82. The molecule has 0 aliphatic carbocycles. The number of fused-ring (bicyclic) bond motifs is 3. The van der Waals surface area contributed by atoms with Crippen LogP contribution in [0.5, 0.6) is 5.75 Å². The van der Waals surface area contributed by atoms with Gasteiger partial charge in [-0.1, -0.05) is 12.1 Å². The van der Waals surface area contributed by atoms with Crippen molar-refractivity contribution < 1.29 is 13.9 Å². The number of rotatable bonds is 5. The average Bonchev–Trinajstić information content (AvgIpc) is 3.13. The number of hydrogen-bond acceptors (Lipinski definition) is 5. The van der Waals surface area contributed by atoms with Gasteiger partial charge >= 0.3 is 0 Å². The molecule has 2 heterocycles. The van der Waals surface area contributed by atoms with Crippen molar-refractivity contribution in [2.45, 2.75) is 0 Å². The van der Waals surface area contributed by atoms with Gasteiger partial charge in [0.15, 0.2) is 5.65 Å². The summed E-state index contributed by atoms with van der Waals surface area (Å²) >= 11 is 0. The molecule has 0 bridgehead atoms. The average molecular weight is 338 g/mol. The molecule has 0 fully saturated rings. The highest BCUT2D eigenvalue weighted by molar-refractivity contribution is 5.85. The van der Waals surface area contributed by atoms with E-state index in [4.69, 9.17) is 9.47 Å². The molecular weight excluding hydrogens is 323 g/mol. The first-order valence-electron chi connectivity index (χ1n) is 7.78. The van der Waals surface area contributed by atoms with E-state index in [1.165, 1.54) is 6.07 Å². The normalized spacial score (nSPS) is 11.3. The van der Waals surface area contributed by atoms with Crippen molar-refractivity contribution in [1.82, 2.24) is 19.6 Å². The van der Waals surface area contributed by atoms with E-state index in [1.807, 2.05) is 24.3 Å². The van der Waals surface area contributed by atoms with Gasteiger partial charge in [0, 0.05) is 12.7 Å². The van der Waals surface area contributed by atoms with E-state index in [2.05, 4.69) is 15.2 Å². The van der Waals surface area contributed by atoms with Crippen LogP contribution < -0.4 is 4.74 Å². The Morgan fingerprint density at radius 3 is 2.88 bits per heavy atom. The summed E-state index contributed by atoms with van der Waals surface area (Å²) in [6, 6.07) is 12.1. The van der Waals surface area contributed by atoms with Crippen LogP contribution in [0.15, 0.2) is 48.8 Å². The number of nitrogens with zero attached hydrogens (tertiary/aromatic N) is 4. The molecule has 6 nitrogen and oxygen atoms in total. The highest BCUT2D eigenvalue weighted by atomic mass is 19.1. The molecule has 0 N–H and O–H groups in total. The first kappa shape index (κ1) is 15.5. The van der Waals surface area contributed by atoms with Crippen LogP contribution in [0.25, 0.3) is 27.9 Å². The monoisotopic (exact) mass is 338 g/mol. The number of para-hydroxylation sites is 2. The van der Waals surface area contributed by atoms with Gasteiger partial charge in [-0.2, -0.15) is 0 Å². The van der Waals surface area contributed by atoms with Crippen LogP contribution in [0.3, 0.4) is 0 Å². The Morgan fingerprint density at radius 1 is 1.12 bits per heavy atom. The molecule has 0 unspecified atom stereocenters. The van der Waals surface area contributed by atoms with Gasteiger partial charge in [-0.15, -0.1) is 10.2 Å². The van der Waals surface area contributed by atoms with Gasteiger partial charge in [0.25, 0.3) is 0 Å². The summed E-state index contributed by atoms with van der Waals surface area (Å²) in [7, 11) is 1.60. The molecule has 0 saturated carbocycles. The lowest BCUT2D eigenvalue weighted by Gasteiger charge is -2.10. The van der Waals surface area contributed by atoms with Crippen LogP contribution in [0.1, 0.15) is 0 Å². The van der Waals surface area contributed by atoms with Crippen molar-refractivity contribution >= 4 is 16.7 Å². The zero-order valence-corrected chi connectivity index (χ0v) is 13.5. The maximum Gasteiger partial charge on any atom is 0.187 e. The van der Waals surface area contributed by atoms with Gasteiger partial charge in [-0.3, -0.25) is 4.40 Å². The van der Waals surface area contributed by atoms with Crippen LogP contribution in [-0.2, 0) is 4.74 Å². The Labute approximate surface area is 142 Å². The van der Waals surface area contributed by atoms with Gasteiger partial charge in [-0.05, 0) is 30.3 Å². The van der Waals surface area contributed by atoms with Crippen molar-refractivity contribution in [3.8, 4) is 17.0 Å². The van der Waals surface area contributed by atoms with Gasteiger partial charge in [0.1, 0.15) is 30.2 Å². The Morgan fingerprint density at radius 2 is 2.00 bits per heavy atom. The highest BCUT2D eigenvalue weighted by Crippen LogP contribution is 2.30. The quantitative estimate of drug-likeness (QED) is 0.523.